The lowest BCUT2D eigenvalue weighted by atomic mass is 10.1. The predicted octanol–water partition coefficient (Wildman–Crippen LogP) is 2.77. The molecule has 1 amide bonds. The van der Waals surface area contributed by atoms with Crippen molar-refractivity contribution in [1.29, 1.82) is 0 Å². The number of hydrogen-bond acceptors (Lipinski definition) is 4. The van der Waals surface area contributed by atoms with Gasteiger partial charge in [-0.1, -0.05) is 12.1 Å². The van der Waals surface area contributed by atoms with Gasteiger partial charge in [0.25, 0.3) is 5.91 Å². The monoisotopic (exact) mass is 376 g/mol. The molecule has 0 unspecified atom stereocenters. The molecule has 1 aromatic carbocycles. The lowest BCUT2D eigenvalue weighted by Crippen LogP contribution is -2.41. The van der Waals surface area contributed by atoms with Crippen LogP contribution in [0.3, 0.4) is 0 Å². The van der Waals surface area contributed by atoms with E-state index in [1.807, 2.05) is 0 Å². The normalized spacial score (nSPS) is 12.2. The van der Waals surface area contributed by atoms with Gasteiger partial charge in [0.15, 0.2) is 5.76 Å². The quantitative estimate of drug-likeness (QED) is 0.692. The fourth-order valence-corrected chi connectivity index (χ4v) is 2.88. The van der Waals surface area contributed by atoms with Crippen molar-refractivity contribution >= 4 is 17.5 Å². The van der Waals surface area contributed by atoms with E-state index in [1.165, 1.54) is 12.1 Å². The molecule has 2 aromatic heterocycles. The number of benzene rings is 1. The van der Waals surface area contributed by atoms with E-state index in [0.717, 1.165) is 11.3 Å². The van der Waals surface area contributed by atoms with Gasteiger partial charge in [0.2, 0.25) is 5.22 Å². The number of carbonyl (C=O) groups is 1. The summed E-state index contributed by atoms with van der Waals surface area (Å²) in [6, 6.07) is 9.09. The Bertz CT molecular complexity index is 904. The lowest BCUT2D eigenvalue weighted by molar-refractivity contribution is 0.0910. The first-order valence-corrected chi connectivity index (χ1v) is 8.39. The molecule has 8 heteroatoms. The van der Waals surface area contributed by atoms with Gasteiger partial charge >= 0.3 is 0 Å². The number of nitrogens with zero attached hydrogens (tertiary/aromatic N) is 2. The van der Waals surface area contributed by atoms with Crippen LogP contribution in [-0.2, 0) is 13.5 Å². The number of carbonyl (C=O) groups excluding carboxylic acids is 1. The summed E-state index contributed by atoms with van der Waals surface area (Å²) in [7, 11) is 1.77. The zero-order valence-electron chi connectivity index (χ0n) is 14.1. The number of aromatic nitrogens is 2. The van der Waals surface area contributed by atoms with E-state index >= 15 is 0 Å². The second-order valence-corrected chi connectivity index (χ2v) is 6.22. The molecule has 0 radical (unpaired) electrons. The molecule has 2 heterocycles. The zero-order valence-corrected chi connectivity index (χ0v) is 14.8. The van der Waals surface area contributed by atoms with Gasteiger partial charge in [0, 0.05) is 31.9 Å². The molecule has 136 valence electrons. The second-order valence-electron chi connectivity index (χ2n) is 5.87. The maximum Gasteiger partial charge on any atom is 0.287 e. The first-order valence-electron chi connectivity index (χ1n) is 8.01. The maximum absolute atomic E-state index is 13.0. The number of amides is 1. The summed E-state index contributed by atoms with van der Waals surface area (Å²) in [5.41, 5.74) is 7.94. The average Bonchev–Trinajstić information content (AvgIpc) is 3.21. The molecule has 3 rings (SSSR count). The second kappa shape index (κ2) is 7.72. The van der Waals surface area contributed by atoms with E-state index < -0.39 is 5.91 Å². The molecule has 0 aliphatic rings. The summed E-state index contributed by atoms with van der Waals surface area (Å²) in [5.74, 6) is -0.642. The van der Waals surface area contributed by atoms with Gasteiger partial charge < -0.3 is 15.5 Å². The van der Waals surface area contributed by atoms with Crippen molar-refractivity contribution in [3.05, 3.63) is 65.0 Å². The zero-order chi connectivity index (χ0) is 18.7. The van der Waals surface area contributed by atoms with Crippen LogP contribution < -0.4 is 11.1 Å². The minimum atomic E-state index is -0.419. The standard InChI is InChI=1S/C18H18ClFN4O2/c1-24-15(6-7-22-24)14-9-16(26-17(14)19)18(25)23-13(10-21)8-11-2-4-12(20)5-3-11/h2-7,9,13H,8,10,21H2,1H3,(H,23,25)/t13-/m0/s1. The van der Waals surface area contributed by atoms with Gasteiger partial charge in [-0.15, -0.1) is 0 Å². The molecular formula is C18H18ClFN4O2. The van der Waals surface area contributed by atoms with Crippen LogP contribution in [0.1, 0.15) is 16.1 Å². The highest BCUT2D eigenvalue weighted by molar-refractivity contribution is 6.31. The van der Waals surface area contributed by atoms with Crippen LogP contribution in [0.5, 0.6) is 0 Å². The highest BCUT2D eigenvalue weighted by atomic mass is 35.5. The maximum atomic E-state index is 13.0. The highest BCUT2D eigenvalue weighted by Crippen LogP contribution is 2.30. The van der Waals surface area contributed by atoms with Crippen molar-refractivity contribution < 1.29 is 13.6 Å². The average molecular weight is 377 g/mol. The van der Waals surface area contributed by atoms with Crippen molar-refractivity contribution in [3.63, 3.8) is 0 Å². The van der Waals surface area contributed by atoms with E-state index in [0.29, 0.717) is 12.0 Å². The fraction of sp³-hybridized carbons (Fsp3) is 0.222. The molecular weight excluding hydrogens is 359 g/mol. The Morgan fingerprint density at radius 1 is 1.38 bits per heavy atom. The van der Waals surface area contributed by atoms with Crippen LogP contribution in [0.2, 0.25) is 5.22 Å². The summed E-state index contributed by atoms with van der Waals surface area (Å²) >= 11 is 6.12. The Morgan fingerprint density at radius 3 is 2.73 bits per heavy atom. The first kappa shape index (κ1) is 18.2. The van der Waals surface area contributed by atoms with Crippen molar-refractivity contribution in [2.24, 2.45) is 12.8 Å². The number of halogens is 2. The van der Waals surface area contributed by atoms with Crippen molar-refractivity contribution in [3.8, 4) is 11.3 Å². The number of aryl methyl sites for hydroxylation is 1. The van der Waals surface area contributed by atoms with E-state index in [-0.39, 0.29) is 29.4 Å². The van der Waals surface area contributed by atoms with Crippen LogP contribution in [0.25, 0.3) is 11.3 Å². The summed E-state index contributed by atoms with van der Waals surface area (Å²) in [6.07, 6.45) is 2.11. The van der Waals surface area contributed by atoms with E-state index in [2.05, 4.69) is 10.4 Å². The smallest absolute Gasteiger partial charge is 0.287 e. The summed E-state index contributed by atoms with van der Waals surface area (Å²) in [5, 5.41) is 7.00. The molecule has 0 spiro atoms. The molecule has 0 fully saturated rings. The van der Waals surface area contributed by atoms with Gasteiger partial charge in [0.1, 0.15) is 5.82 Å². The molecule has 0 aliphatic carbocycles. The minimum Gasteiger partial charge on any atom is -0.439 e. The number of nitrogens with one attached hydrogen (secondary N) is 1. The molecule has 6 nitrogen and oxygen atoms in total. The lowest BCUT2D eigenvalue weighted by Gasteiger charge is -2.16. The minimum absolute atomic E-state index is 0.0868. The number of rotatable bonds is 6. The summed E-state index contributed by atoms with van der Waals surface area (Å²) < 4.78 is 20.0. The summed E-state index contributed by atoms with van der Waals surface area (Å²) in [6.45, 7) is 0.228. The molecule has 26 heavy (non-hydrogen) atoms. The highest BCUT2D eigenvalue weighted by Gasteiger charge is 2.20. The Kier molecular flexibility index (Phi) is 5.39. The molecule has 0 aliphatic heterocycles. The van der Waals surface area contributed by atoms with Crippen LogP contribution in [0.4, 0.5) is 4.39 Å². The van der Waals surface area contributed by atoms with Crippen LogP contribution >= 0.6 is 11.6 Å². The molecule has 0 saturated carbocycles. The Labute approximate surface area is 154 Å². The molecule has 0 bridgehead atoms. The SMILES string of the molecule is Cn1nccc1-c1cc(C(=O)N[C@H](CN)Cc2ccc(F)cc2)oc1Cl. The van der Waals surface area contributed by atoms with Gasteiger partial charge in [0.05, 0.1) is 11.3 Å². The van der Waals surface area contributed by atoms with Crippen molar-refractivity contribution in [2.45, 2.75) is 12.5 Å². The molecule has 3 N–H and O–H groups in total. The van der Waals surface area contributed by atoms with E-state index in [1.54, 1.807) is 42.2 Å². The third-order valence-corrected chi connectivity index (χ3v) is 4.30. The number of furan rings is 1. The fourth-order valence-electron chi connectivity index (χ4n) is 2.65. The van der Waals surface area contributed by atoms with E-state index in [9.17, 15) is 9.18 Å². The Morgan fingerprint density at radius 2 is 2.12 bits per heavy atom. The van der Waals surface area contributed by atoms with Crippen molar-refractivity contribution in [1.82, 2.24) is 15.1 Å². The van der Waals surface area contributed by atoms with Crippen LogP contribution in [0.15, 0.2) is 47.0 Å². The molecule has 3 aromatic rings. The van der Waals surface area contributed by atoms with Gasteiger partial charge in [-0.05, 0) is 41.8 Å². The first-order chi connectivity index (χ1) is 12.5. The van der Waals surface area contributed by atoms with Crippen LogP contribution in [-0.4, -0.2) is 28.3 Å². The van der Waals surface area contributed by atoms with Crippen LogP contribution in [0, 0.1) is 5.82 Å². The topological polar surface area (TPSA) is 86.1 Å². The number of nitrogens with two attached hydrogens (primary N) is 1. The molecule has 1 atom stereocenters. The Balaban J connectivity index is 1.72. The van der Waals surface area contributed by atoms with E-state index in [4.69, 9.17) is 21.8 Å². The van der Waals surface area contributed by atoms with Gasteiger partial charge in [-0.2, -0.15) is 5.10 Å². The third kappa shape index (κ3) is 3.95. The molecule has 0 saturated heterocycles. The van der Waals surface area contributed by atoms with Gasteiger partial charge in [-0.25, -0.2) is 4.39 Å². The Hall–Kier alpha value is -2.64. The predicted molar refractivity (Wildman–Crippen MR) is 96.3 cm³/mol. The third-order valence-electron chi connectivity index (χ3n) is 4.02. The van der Waals surface area contributed by atoms with Gasteiger partial charge in [-0.3, -0.25) is 9.48 Å². The summed E-state index contributed by atoms with van der Waals surface area (Å²) in [4.78, 5) is 12.5. The number of hydrogen-bond donors (Lipinski definition) is 2. The van der Waals surface area contributed by atoms with Crippen molar-refractivity contribution in [2.75, 3.05) is 6.54 Å². The largest absolute Gasteiger partial charge is 0.439 e.